The molecule has 0 bridgehead atoms. The Hall–Kier alpha value is -1.72. The molecule has 0 aliphatic carbocycles. The number of hydrogen-bond donors (Lipinski definition) is 1. The maximum absolute atomic E-state index is 4.49. The Morgan fingerprint density at radius 2 is 1.95 bits per heavy atom. The van der Waals surface area contributed by atoms with Gasteiger partial charge in [-0.05, 0) is 54.6 Å². The van der Waals surface area contributed by atoms with E-state index in [2.05, 4.69) is 57.9 Å². The van der Waals surface area contributed by atoms with E-state index in [1.165, 1.54) is 20.7 Å². The first-order chi connectivity index (χ1) is 10.8. The summed E-state index contributed by atoms with van der Waals surface area (Å²) in [5, 5.41) is 4.62. The van der Waals surface area contributed by atoms with Gasteiger partial charge in [-0.1, -0.05) is 0 Å². The predicted molar refractivity (Wildman–Crippen MR) is 95.5 cm³/mol. The Kier molecular flexibility index (Phi) is 3.68. The zero-order chi connectivity index (χ0) is 14.9. The average Bonchev–Trinajstić information content (AvgIpc) is 3.04. The van der Waals surface area contributed by atoms with Gasteiger partial charge in [-0.2, -0.15) is 0 Å². The van der Waals surface area contributed by atoms with Gasteiger partial charge in [-0.15, -0.1) is 23.5 Å². The van der Waals surface area contributed by atoms with Gasteiger partial charge >= 0.3 is 0 Å². The van der Waals surface area contributed by atoms with Crippen molar-refractivity contribution in [3.8, 4) is 0 Å². The van der Waals surface area contributed by atoms with Crippen molar-refractivity contribution in [1.29, 1.82) is 0 Å². The molecule has 0 amide bonds. The first-order valence-electron chi connectivity index (χ1n) is 7.15. The fraction of sp³-hybridized carbons (Fsp3) is 0.176. The van der Waals surface area contributed by atoms with Crippen LogP contribution in [0, 0.1) is 0 Å². The van der Waals surface area contributed by atoms with E-state index in [1.807, 2.05) is 11.8 Å². The summed E-state index contributed by atoms with van der Waals surface area (Å²) in [4.78, 5) is 11.5. The third kappa shape index (κ3) is 2.44. The molecule has 1 aromatic heterocycles. The second-order valence-electron chi connectivity index (χ2n) is 5.11. The molecule has 2 aromatic carbocycles. The third-order valence-electron chi connectivity index (χ3n) is 3.83. The highest BCUT2D eigenvalue weighted by Crippen LogP contribution is 2.38. The van der Waals surface area contributed by atoms with Gasteiger partial charge in [-0.3, -0.25) is 0 Å². The lowest BCUT2D eigenvalue weighted by molar-refractivity contribution is 1.14. The van der Waals surface area contributed by atoms with Crippen LogP contribution in [0.1, 0.15) is 5.56 Å². The molecule has 0 radical (unpaired) electrons. The van der Waals surface area contributed by atoms with Gasteiger partial charge in [0.15, 0.2) is 0 Å². The average molecular weight is 325 g/mol. The van der Waals surface area contributed by atoms with Gasteiger partial charge < -0.3 is 5.32 Å². The molecule has 5 heteroatoms. The van der Waals surface area contributed by atoms with Crippen molar-refractivity contribution in [2.75, 3.05) is 17.3 Å². The number of nitrogens with zero attached hydrogens (tertiary/aromatic N) is 2. The molecule has 110 valence electrons. The summed E-state index contributed by atoms with van der Waals surface area (Å²) in [5.41, 5.74) is 3.45. The highest BCUT2D eigenvalue weighted by atomic mass is 32.2. The fourth-order valence-electron chi connectivity index (χ4n) is 2.75. The smallest absolute Gasteiger partial charge is 0.142 e. The Morgan fingerprint density at radius 3 is 2.77 bits per heavy atom. The van der Waals surface area contributed by atoms with Gasteiger partial charge in [0, 0.05) is 26.6 Å². The van der Waals surface area contributed by atoms with Crippen LogP contribution < -0.4 is 5.32 Å². The molecule has 0 fully saturated rings. The Balaban J connectivity index is 1.79. The van der Waals surface area contributed by atoms with Crippen LogP contribution in [0.2, 0.25) is 0 Å². The van der Waals surface area contributed by atoms with E-state index in [9.17, 15) is 0 Å². The number of aromatic nitrogens is 2. The first kappa shape index (κ1) is 13.9. The van der Waals surface area contributed by atoms with Crippen LogP contribution >= 0.6 is 23.5 Å². The lowest BCUT2D eigenvalue weighted by Gasteiger charge is -2.11. The largest absolute Gasteiger partial charge is 0.340 e. The van der Waals surface area contributed by atoms with Crippen LogP contribution in [0.5, 0.6) is 0 Å². The Labute approximate surface area is 137 Å². The maximum Gasteiger partial charge on any atom is 0.142 e. The zero-order valence-corrected chi connectivity index (χ0v) is 13.8. The molecule has 0 spiro atoms. The summed E-state index contributed by atoms with van der Waals surface area (Å²) < 4.78 is 0. The van der Waals surface area contributed by atoms with E-state index in [4.69, 9.17) is 0 Å². The summed E-state index contributed by atoms with van der Waals surface area (Å²) >= 11 is 3.66. The van der Waals surface area contributed by atoms with Gasteiger partial charge in [0.2, 0.25) is 0 Å². The summed E-state index contributed by atoms with van der Waals surface area (Å²) in [6, 6.07) is 12.7. The number of aryl methyl sites for hydroxylation is 1. The highest BCUT2D eigenvalue weighted by molar-refractivity contribution is 7.99. The molecule has 1 aliphatic heterocycles. The number of hydrogen-bond acceptors (Lipinski definition) is 5. The van der Waals surface area contributed by atoms with Gasteiger partial charge in [0.25, 0.3) is 0 Å². The van der Waals surface area contributed by atoms with E-state index < -0.39 is 0 Å². The van der Waals surface area contributed by atoms with E-state index in [1.54, 1.807) is 18.1 Å². The minimum absolute atomic E-state index is 0.904. The van der Waals surface area contributed by atoms with E-state index in [-0.39, 0.29) is 0 Å². The van der Waals surface area contributed by atoms with E-state index >= 15 is 0 Å². The molecule has 1 N–H and O–H groups in total. The van der Waals surface area contributed by atoms with Crippen LogP contribution in [0.25, 0.3) is 10.9 Å². The number of rotatable bonds is 3. The standard InChI is InChI=1S/C17H15N3S2/c1-21-12-4-2-11(3-5-12)20-17-16-13-8-9-22-15(13)7-6-14(16)18-10-19-17/h2-7,10H,8-9H2,1H3,(H,18,19,20). The topological polar surface area (TPSA) is 37.8 Å². The van der Waals surface area contributed by atoms with Crippen molar-refractivity contribution < 1.29 is 0 Å². The van der Waals surface area contributed by atoms with Crippen LogP contribution in [-0.4, -0.2) is 22.0 Å². The van der Waals surface area contributed by atoms with Crippen molar-refractivity contribution in [3.05, 3.63) is 48.3 Å². The SMILES string of the molecule is CSc1ccc(Nc2ncnc3ccc4c(c23)CCS4)cc1. The molecule has 2 heterocycles. The lowest BCUT2D eigenvalue weighted by atomic mass is 10.1. The third-order valence-corrected chi connectivity index (χ3v) is 5.68. The number of thioether (sulfide) groups is 2. The molecular weight excluding hydrogens is 310 g/mol. The summed E-state index contributed by atoms with van der Waals surface area (Å²) in [7, 11) is 0. The summed E-state index contributed by atoms with van der Waals surface area (Å²) in [6.45, 7) is 0. The van der Waals surface area contributed by atoms with E-state index in [0.29, 0.717) is 0 Å². The van der Waals surface area contributed by atoms with E-state index in [0.717, 1.165) is 29.2 Å². The molecule has 22 heavy (non-hydrogen) atoms. The number of nitrogens with one attached hydrogen (secondary N) is 1. The van der Waals surface area contributed by atoms with Crippen molar-refractivity contribution in [3.63, 3.8) is 0 Å². The lowest BCUT2D eigenvalue weighted by Crippen LogP contribution is -1.98. The zero-order valence-electron chi connectivity index (χ0n) is 12.2. The van der Waals surface area contributed by atoms with Crippen molar-refractivity contribution in [1.82, 2.24) is 9.97 Å². The monoisotopic (exact) mass is 325 g/mol. The number of anilines is 2. The quantitative estimate of drug-likeness (QED) is 0.704. The molecular formula is C17H15N3S2. The number of fused-ring (bicyclic) bond motifs is 3. The fourth-order valence-corrected chi connectivity index (χ4v) is 4.23. The van der Waals surface area contributed by atoms with Gasteiger partial charge in [0.05, 0.1) is 5.52 Å². The normalized spacial score (nSPS) is 13.3. The van der Waals surface area contributed by atoms with Gasteiger partial charge in [-0.25, -0.2) is 9.97 Å². The Morgan fingerprint density at radius 1 is 1.09 bits per heavy atom. The van der Waals surface area contributed by atoms with Gasteiger partial charge in [0.1, 0.15) is 12.1 Å². The van der Waals surface area contributed by atoms with Crippen LogP contribution in [0.4, 0.5) is 11.5 Å². The molecule has 4 rings (SSSR count). The number of benzene rings is 2. The second kappa shape index (κ2) is 5.82. The molecule has 0 atom stereocenters. The summed E-state index contributed by atoms with van der Waals surface area (Å²) in [6.07, 6.45) is 4.81. The molecule has 1 aliphatic rings. The molecule has 0 unspecified atom stereocenters. The molecule has 3 nitrogen and oxygen atoms in total. The van der Waals surface area contributed by atoms with Crippen LogP contribution in [0.15, 0.2) is 52.5 Å². The van der Waals surface area contributed by atoms with Crippen LogP contribution in [-0.2, 0) is 6.42 Å². The molecule has 3 aromatic rings. The van der Waals surface area contributed by atoms with Crippen molar-refractivity contribution in [2.24, 2.45) is 0 Å². The molecule has 0 saturated carbocycles. The maximum atomic E-state index is 4.49. The highest BCUT2D eigenvalue weighted by Gasteiger charge is 2.18. The van der Waals surface area contributed by atoms with Crippen molar-refractivity contribution >= 4 is 45.9 Å². The minimum Gasteiger partial charge on any atom is -0.340 e. The second-order valence-corrected chi connectivity index (χ2v) is 7.13. The van der Waals surface area contributed by atoms with Crippen LogP contribution in [0.3, 0.4) is 0 Å². The minimum atomic E-state index is 0.904. The summed E-state index contributed by atoms with van der Waals surface area (Å²) in [5.74, 6) is 2.05. The molecule has 0 saturated heterocycles. The first-order valence-corrected chi connectivity index (χ1v) is 9.36. The predicted octanol–water partition coefficient (Wildman–Crippen LogP) is 4.74. The Bertz CT molecular complexity index is 831. The van der Waals surface area contributed by atoms with Crippen molar-refractivity contribution in [2.45, 2.75) is 16.2 Å².